The number of nitrogens with one attached hydrogen (secondary N) is 1. The third kappa shape index (κ3) is 3.97. The molecule has 1 amide bonds. The Morgan fingerprint density at radius 2 is 1.86 bits per heavy atom. The fourth-order valence-corrected chi connectivity index (χ4v) is 1.65. The second-order valence-corrected chi connectivity index (χ2v) is 4.26. The lowest BCUT2D eigenvalue weighted by Gasteiger charge is -2.10. The summed E-state index contributed by atoms with van der Waals surface area (Å²) < 4.78 is 5.26. The number of hydrogen-bond donors (Lipinski definition) is 3. The van der Waals surface area contributed by atoms with E-state index in [4.69, 9.17) is 15.6 Å². The minimum absolute atomic E-state index is 0.0441. The van der Waals surface area contributed by atoms with Crippen LogP contribution in [0.4, 0.5) is 11.4 Å². The summed E-state index contributed by atoms with van der Waals surface area (Å²) in [6.07, 6.45) is 0. The molecule has 0 fully saturated rings. The van der Waals surface area contributed by atoms with Crippen LogP contribution in [0.3, 0.4) is 0 Å². The Hall–Kier alpha value is -3.02. The summed E-state index contributed by atoms with van der Waals surface area (Å²) in [6, 6.07) is 13.0. The van der Waals surface area contributed by atoms with E-state index in [0.29, 0.717) is 5.69 Å². The van der Waals surface area contributed by atoms with Crippen molar-refractivity contribution < 1.29 is 19.4 Å². The number of ether oxygens (including phenoxy) is 1. The SMILES string of the molecule is Nc1ccc(C(=O)O)cc1OCC(=O)Nc1ccccc1. The molecule has 0 aliphatic carbocycles. The number of hydrogen-bond acceptors (Lipinski definition) is 4. The van der Waals surface area contributed by atoms with Crippen LogP contribution in [0.25, 0.3) is 0 Å². The Balaban J connectivity index is 1.98. The van der Waals surface area contributed by atoms with Gasteiger partial charge in [-0.1, -0.05) is 18.2 Å². The molecular formula is C15H14N2O4. The smallest absolute Gasteiger partial charge is 0.335 e. The van der Waals surface area contributed by atoms with Crippen molar-refractivity contribution in [2.75, 3.05) is 17.7 Å². The van der Waals surface area contributed by atoms with E-state index in [0.717, 1.165) is 0 Å². The highest BCUT2D eigenvalue weighted by molar-refractivity contribution is 5.92. The zero-order valence-electron chi connectivity index (χ0n) is 11.1. The lowest BCUT2D eigenvalue weighted by atomic mass is 10.2. The lowest BCUT2D eigenvalue weighted by Crippen LogP contribution is -2.20. The van der Waals surface area contributed by atoms with Gasteiger partial charge in [0, 0.05) is 5.69 Å². The molecule has 4 N–H and O–H groups in total. The van der Waals surface area contributed by atoms with Crippen LogP contribution in [-0.4, -0.2) is 23.6 Å². The van der Waals surface area contributed by atoms with Crippen LogP contribution < -0.4 is 15.8 Å². The van der Waals surface area contributed by atoms with Crippen molar-refractivity contribution in [2.24, 2.45) is 0 Å². The third-order valence-electron chi connectivity index (χ3n) is 2.68. The van der Waals surface area contributed by atoms with Gasteiger partial charge in [0.05, 0.1) is 11.3 Å². The Morgan fingerprint density at radius 1 is 1.14 bits per heavy atom. The van der Waals surface area contributed by atoms with Gasteiger partial charge < -0.3 is 20.9 Å². The number of amides is 1. The molecule has 0 aromatic heterocycles. The molecular weight excluding hydrogens is 272 g/mol. The minimum atomic E-state index is -1.09. The number of benzene rings is 2. The summed E-state index contributed by atoms with van der Waals surface area (Å²) in [7, 11) is 0. The zero-order valence-corrected chi connectivity index (χ0v) is 11.1. The number of carbonyl (C=O) groups is 2. The maximum absolute atomic E-state index is 11.7. The van der Waals surface area contributed by atoms with Gasteiger partial charge in [-0.3, -0.25) is 4.79 Å². The van der Waals surface area contributed by atoms with E-state index in [-0.39, 0.29) is 29.5 Å². The van der Waals surface area contributed by atoms with Crippen LogP contribution in [0.2, 0.25) is 0 Å². The first-order valence-corrected chi connectivity index (χ1v) is 6.17. The van der Waals surface area contributed by atoms with E-state index in [9.17, 15) is 9.59 Å². The molecule has 6 nitrogen and oxygen atoms in total. The third-order valence-corrected chi connectivity index (χ3v) is 2.68. The first-order valence-electron chi connectivity index (χ1n) is 6.17. The van der Waals surface area contributed by atoms with Gasteiger partial charge in [0.2, 0.25) is 0 Å². The van der Waals surface area contributed by atoms with E-state index in [2.05, 4.69) is 5.32 Å². The van der Waals surface area contributed by atoms with Gasteiger partial charge in [-0.25, -0.2) is 4.79 Å². The zero-order chi connectivity index (χ0) is 15.2. The Morgan fingerprint density at radius 3 is 2.52 bits per heavy atom. The lowest BCUT2D eigenvalue weighted by molar-refractivity contribution is -0.118. The van der Waals surface area contributed by atoms with Crippen molar-refractivity contribution in [3.63, 3.8) is 0 Å². The van der Waals surface area contributed by atoms with Gasteiger partial charge in [0.25, 0.3) is 5.91 Å². The molecule has 0 bridgehead atoms. The first-order chi connectivity index (χ1) is 10.1. The van der Waals surface area contributed by atoms with Gasteiger partial charge in [-0.2, -0.15) is 0 Å². The summed E-state index contributed by atoms with van der Waals surface area (Å²) >= 11 is 0. The van der Waals surface area contributed by atoms with E-state index in [1.54, 1.807) is 24.3 Å². The number of para-hydroxylation sites is 1. The first kappa shape index (κ1) is 14.4. The second-order valence-electron chi connectivity index (χ2n) is 4.26. The fraction of sp³-hybridized carbons (Fsp3) is 0.0667. The molecule has 21 heavy (non-hydrogen) atoms. The summed E-state index contributed by atoms with van der Waals surface area (Å²) in [4.78, 5) is 22.6. The molecule has 108 valence electrons. The van der Waals surface area contributed by atoms with Crippen LogP contribution in [0.5, 0.6) is 5.75 Å². The monoisotopic (exact) mass is 286 g/mol. The fourth-order valence-electron chi connectivity index (χ4n) is 1.65. The summed E-state index contributed by atoms with van der Waals surface area (Å²) in [5, 5.41) is 11.5. The molecule has 0 saturated carbocycles. The molecule has 0 radical (unpaired) electrons. The number of carboxylic acids is 1. The number of aromatic carboxylic acids is 1. The van der Waals surface area contributed by atoms with E-state index < -0.39 is 5.97 Å². The Labute approximate surface area is 121 Å². The molecule has 2 rings (SSSR count). The normalized spacial score (nSPS) is 9.90. The molecule has 2 aromatic rings. The molecule has 0 atom stereocenters. The van der Waals surface area contributed by atoms with Crippen molar-refractivity contribution in [3.8, 4) is 5.75 Å². The Kier molecular flexibility index (Phi) is 4.40. The van der Waals surface area contributed by atoms with Crippen LogP contribution in [-0.2, 0) is 4.79 Å². The highest BCUT2D eigenvalue weighted by Gasteiger charge is 2.09. The molecule has 0 aliphatic heterocycles. The highest BCUT2D eigenvalue weighted by Crippen LogP contribution is 2.22. The number of carbonyl (C=O) groups excluding carboxylic acids is 1. The van der Waals surface area contributed by atoms with Crippen LogP contribution in [0, 0.1) is 0 Å². The number of nitrogen functional groups attached to an aromatic ring is 1. The molecule has 6 heteroatoms. The molecule has 0 unspecified atom stereocenters. The largest absolute Gasteiger partial charge is 0.482 e. The van der Waals surface area contributed by atoms with Crippen molar-refractivity contribution >= 4 is 23.3 Å². The molecule has 0 spiro atoms. The highest BCUT2D eigenvalue weighted by atomic mass is 16.5. The predicted octanol–water partition coefficient (Wildman–Crippen LogP) is 1.98. The Bertz CT molecular complexity index is 656. The van der Waals surface area contributed by atoms with Crippen LogP contribution in [0.15, 0.2) is 48.5 Å². The standard InChI is InChI=1S/C15H14N2O4/c16-12-7-6-10(15(19)20)8-13(12)21-9-14(18)17-11-4-2-1-3-5-11/h1-8H,9,16H2,(H,17,18)(H,19,20). The molecule has 0 saturated heterocycles. The van der Waals surface area contributed by atoms with Crippen LogP contribution in [0.1, 0.15) is 10.4 Å². The molecule has 2 aromatic carbocycles. The summed E-state index contributed by atoms with van der Waals surface area (Å²) in [5.74, 6) is -1.28. The van der Waals surface area contributed by atoms with E-state index >= 15 is 0 Å². The van der Waals surface area contributed by atoms with Gasteiger partial charge >= 0.3 is 5.97 Å². The average Bonchev–Trinajstić information content (AvgIpc) is 2.47. The molecule has 0 aliphatic rings. The number of anilines is 2. The summed E-state index contributed by atoms with van der Waals surface area (Å²) in [5.41, 5.74) is 6.64. The number of carboxylic acid groups (broad SMARTS) is 1. The van der Waals surface area contributed by atoms with Crippen LogP contribution >= 0.6 is 0 Å². The van der Waals surface area contributed by atoms with Crippen molar-refractivity contribution in [3.05, 3.63) is 54.1 Å². The van der Waals surface area contributed by atoms with Crippen molar-refractivity contribution in [1.82, 2.24) is 0 Å². The maximum atomic E-state index is 11.7. The minimum Gasteiger partial charge on any atom is -0.482 e. The quantitative estimate of drug-likeness (QED) is 0.729. The van der Waals surface area contributed by atoms with Gasteiger partial charge in [-0.15, -0.1) is 0 Å². The maximum Gasteiger partial charge on any atom is 0.335 e. The van der Waals surface area contributed by atoms with Crippen molar-refractivity contribution in [2.45, 2.75) is 0 Å². The number of rotatable bonds is 5. The topological polar surface area (TPSA) is 102 Å². The van der Waals surface area contributed by atoms with Gasteiger partial charge in [0.15, 0.2) is 6.61 Å². The van der Waals surface area contributed by atoms with E-state index in [1.165, 1.54) is 18.2 Å². The van der Waals surface area contributed by atoms with Crippen molar-refractivity contribution in [1.29, 1.82) is 0 Å². The summed E-state index contributed by atoms with van der Waals surface area (Å²) in [6.45, 7) is -0.262. The van der Waals surface area contributed by atoms with E-state index in [1.807, 2.05) is 6.07 Å². The van der Waals surface area contributed by atoms with Gasteiger partial charge in [-0.05, 0) is 30.3 Å². The predicted molar refractivity (Wildman–Crippen MR) is 78.4 cm³/mol. The second kappa shape index (κ2) is 6.42. The average molecular weight is 286 g/mol. The number of nitrogens with two attached hydrogens (primary N) is 1. The van der Waals surface area contributed by atoms with Gasteiger partial charge in [0.1, 0.15) is 5.75 Å². The molecule has 0 heterocycles.